The lowest BCUT2D eigenvalue weighted by atomic mass is 10.3. The molecule has 0 spiro atoms. The first-order chi connectivity index (χ1) is 5.18. The summed E-state index contributed by atoms with van der Waals surface area (Å²) in [5.74, 6) is 0. The summed E-state index contributed by atoms with van der Waals surface area (Å²) in [7, 11) is 0. The highest BCUT2D eigenvalue weighted by molar-refractivity contribution is 5.81. The van der Waals surface area contributed by atoms with Crippen molar-refractivity contribution in [3.05, 3.63) is 24.3 Å². The van der Waals surface area contributed by atoms with E-state index in [-0.39, 0.29) is 0 Å². The zero-order valence-electron chi connectivity index (χ0n) is 5.70. The molecule has 0 aromatic heterocycles. The number of carbonyl (C=O) groups excluding carboxylic acids is 1. The van der Waals surface area contributed by atoms with Crippen LogP contribution >= 0.6 is 0 Å². The molecule has 4 nitrogen and oxygen atoms in total. The van der Waals surface area contributed by atoms with Crippen molar-refractivity contribution in [2.75, 3.05) is 11.1 Å². The van der Waals surface area contributed by atoms with Crippen LogP contribution in [0, 0.1) is 0 Å². The van der Waals surface area contributed by atoms with Crippen LogP contribution in [0.3, 0.4) is 0 Å². The predicted molar refractivity (Wildman–Crippen MR) is 39.9 cm³/mol. The van der Waals surface area contributed by atoms with Gasteiger partial charge in [-0.1, -0.05) is 0 Å². The lowest BCUT2D eigenvalue weighted by Gasteiger charge is -2.05. The Balaban J connectivity index is 2.74. The van der Waals surface area contributed by atoms with Gasteiger partial charge in [-0.05, 0) is 24.3 Å². The highest BCUT2D eigenvalue weighted by Gasteiger charge is 1.89. The van der Waals surface area contributed by atoms with Gasteiger partial charge in [0.15, 0.2) is 0 Å². The molecule has 0 aliphatic carbocycles. The van der Waals surface area contributed by atoms with Gasteiger partial charge in [-0.15, -0.1) is 0 Å². The second-order valence-corrected chi connectivity index (χ2v) is 2.03. The van der Waals surface area contributed by atoms with Crippen LogP contribution in [0.5, 0.6) is 0 Å². The van der Waals surface area contributed by atoms with Gasteiger partial charge in [0.2, 0.25) is 0 Å². The number of anilines is 2. The van der Waals surface area contributed by atoms with Crippen LogP contribution in [0.4, 0.5) is 16.2 Å². The maximum absolute atomic E-state index is 10.0. The van der Waals surface area contributed by atoms with Crippen LogP contribution in [0.15, 0.2) is 24.3 Å². The zero-order chi connectivity index (χ0) is 8.27. The summed E-state index contributed by atoms with van der Waals surface area (Å²) < 4.78 is 0. The van der Waals surface area contributed by atoms with Crippen molar-refractivity contribution in [3.8, 4) is 0 Å². The number of hydrogen-bond acceptors (Lipinski definition) is 3. The Kier molecular flexibility index (Phi) is 1.96. The Morgan fingerprint density at radius 2 is 1.91 bits per heavy atom. The molecule has 0 bridgehead atoms. The number of rotatable bonds is 1. The van der Waals surface area contributed by atoms with Crippen molar-refractivity contribution in [3.63, 3.8) is 0 Å². The van der Waals surface area contributed by atoms with Gasteiger partial charge in [0.1, 0.15) is 6.09 Å². The molecule has 1 amide bonds. The molecule has 0 saturated heterocycles. The molecule has 0 aliphatic rings. The summed E-state index contributed by atoms with van der Waals surface area (Å²) in [6.45, 7) is 0. The number of hydrogen-bond donors (Lipinski definition) is 2. The van der Waals surface area contributed by atoms with Crippen LogP contribution in [0.1, 0.15) is 0 Å². The fourth-order valence-corrected chi connectivity index (χ4v) is 0.684. The predicted octanol–water partition coefficient (Wildman–Crippen LogP) is 0.0240. The molecule has 0 unspecified atom stereocenters. The Hall–Kier alpha value is -1.71. The standard InChI is InChI=1S/C7H8N2O2/c8-5-1-3-6(4-2-5)9-7(10)11/h1-4,9H,8H2,(H,10,11)/p-1. The Labute approximate surface area is 63.6 Å². The summed E-state index contributed by atoms with van der Waals surface area (Å²) in [6, 6.07) is 6.33. The number of benzene rings is 1. The third-order valence-corrected chi connectivity index (χ3v) is 1.16. The first-order valence-corrected chi connectivity index (χ1v) is 3.02. The van der Waals surface area contributed by atoms with Gasteiger partial charge >= 0.3 is 0 Å². The van der Waals surface area contributed by atoms with Crippen LogP contribution < -0.4 is 16.2 Å². The maximum Gasteiger partial charge on any atom is 0.138 e. The molecule has 0 saturated carbocycles. The van der Waals surface area contributed by atoms with E-state index in [2.05, 4.69) is 5.32 Å². The third-order valence-electron chi connectivity index (χ3n) is 1.16. The van der Waals surface area contributed by atoms with E-state index in [1.165, 1.54) is 0 Å². The van der Waals surface area contributed by atoms with E-state index in [0.29, 0.717) is 11.4 Å². The highest BCUT2D eigenvalue weighted by atomic mass is 16.4. The second kappa shape index (κ2) is 2.92. The number of nitrogens with two attached hydrogens (primary N) is 1. The van der Waals surface area contributed by atoms with E-state index in [1.807, 2.05) is 0 Å². The minimum atomic E-state index is -1.32. The minimum Gasteiger partial charge on any atom is -0.530 e. The van der Waals surface area contributed by atoms with Crippen molar-refractivity contribution in [1.82, 2.24) is 0 Å². The lowest BCUT2D eigenvalue weighted by molar-refractivity contribution is -0.242. The van der Waals surface area contributed by atoms with Gasteiger partial charge in [-0.3, -0.25) is 0 Å². The van der Waals surface area contributed by atoms with Gasteiger partial charge in [0.05, 0.1) is 0 Å². The number of carbonyl (C=O) groups is 1. The van der Waals surface area contributed by atoms with E-state index < -0.39 is 6.09 Å². The minimum absolute atomic E-state index is 0.458. The summed E-state index contributed by atoms with van der Waals surface area (Å²) in [6.07, 6.45) is -1.32. The van der Waals surface area contributed by atoms with Crippen molar-refractivity contribution >= 4 is 17.5 Å². The summed E-state index contributed by atoms with van der Waals surface area (Å²) in [5, 5.41) is 12.1. The molecule has 3 N–H and O–H groups in total. The highest BCUT2D eigenvalue weighted by Crippen LogP contribution is 2.09. The Morgan fingerprint density at radius 3 is 2.36 bits per heavy atom. The molecule has 4 heteroatoms. The van der Waals surface area contributed by atoms with Crippen LogP contribution in [-0.2, 0) is 0 Å². The van der Waals surface area contributed by atoms with E-state index in [1.54, 1.807) is 24.3 Å². The Morgan fingerprint density at radius 1 is 1.36 bits per heavy atom. The number of carboxylic acid groups (broad SMARTS) is 1. The van der Waals surface area contributed by atoms with E-state index in [4.69, 9.17) is 5.73 Å². The third kappa shape index (κ3) is 2.17. The summed E-state index contributed by atoms with van der Waals surface area (Å²) in [5.41, 5.74) is 6.42. The molecule has 0 heterocycles. The van der Waals surface area contributed by atoms with Crippen molar-refractivity contribution in [1.29, 1.82) is 0 Å². The largest absolute Gasteiger partial charge is 0.530 e. The number of amides is 1. The molecule has 0 fully saturated rings. The van der Waals surface area contributed by atoms with E-state index >= 15 is 0 Å². The monoisotopic (exact) mass is 151 g/mol. The first kappa shape index (κ1) is 7.40. The van der Waals surface area contributed by atoms with Crippen LogP contribution in [0.25, 0.3) is 0 Å². The van der Waals surface area contributed by atoms with Crippen LogP contribution in [0.2, 0.25) is 0 Å². The second-order valence-electron chi connectivity index (χ2n) is 2.03. The normalized spacial score (nSPS) is 9.09. The van der Waals surface area contributed by atoms with Gasteiger partial charge < -0.3 is 21.0 Å². The first-order valence-electron chi connectivity index (χ1n) is 3.02. The summed E-state index contributed by atoms with van der Waals surface area (Å²) in [4.78, 5) is 10.0. The smallest absolute Gasteiger partial charge is 0.138 e. The van der Waals surface area contributed by atoms with Gasteiger partial charge in [0, 0.05) is 11.4 Å². The van der Waals surface area contributed by atoms with Crippen LogP contribution in [-0.4, -0.2) is 6.09 Å². The van der Waals surface area contributed by atoms with Gasteiger partial charge in [-0.2, -0.15) is 0 Å². The zero-order valence-corrected chi connectivity index (χ0v) is 5.70. The molecule has 58 valence electrons. The number of nitrogen functional groups attached to an aromatic ring is 1. The summed E-state index contributed by atoms with van der Waals surface area (Å²) >= 11 is 0. The molecule has 1 rings (SSSR count). The molecule has 1 aromatic carbocycles. The topological polar surface area (TPSA) is 78.2 Å². The van der Waals surface area contributed by atoms with Crippen molar-refractivity contribution < 1.29 is 9.90 Å². The molecule has 11 heavy (non-hydrogen) atoms. The SMILES string of the molecule is Nc1ccc(NC(=O)[O-])cc1. The lowest BCUT2D eigenvalue weighted by Crippen LogP contribution is -2.28. The molecular weight excluding hydrogens is 144 g/mol. The molecular formula is C7H7N2O2-. The Bertz CT molecular complexity index is 256. The van der Waals surface area contributed by atoms with Gasteiger partial charge in [-0.25, -0.2) is 0 Å². The van der Waals surface area contributed by atoms with Gasteiger partial charge in [0.25, 0.3) is 0 Å². The molecule has 1 aromatic rings. The van der Waals surface area contributed by atoms with E-state index in [0.717, 1.165) is 0 Å². The molecule has 0 atom stereocenters. The average Bonchev–Trinajstić information content (AvgIpc) is 1.93. The van der Waals surface area contributed by atoms with Crippen molar-refractivity contribution in [2.45, 2.75) is 0 Å². The van der Waals surface area contributed by atoms with E-state index in [9.17, 15) is 9.90 Å². The molecule has 0 radical (unpaired) electrons. The maximum atomic E-state index is 10.0. The van der Waals surface area contributed by atoms with Crippen molar-refractivity contribution in [2.24, 2.45) is 0 Å². The molecule has 0 aliphatic heterocycles. The fourth-order valence-electron chi connectivity index (χ4n) is 0.684. The average molecular weight is 151 g/mol. The quantitative estimate of drug-likeness (QED) is 0.555. The number of nitrogens with one attached hydrogen (secondary N) is 1. The fraction of sp³-hybridized carbons (Fsp3) is 0.